The van der Waals surface area contributed by atoms with E-state index in [1.807, 2.05) is 22.7 Å². The minimum absolute atomic E-state index is 0.510. The number of benzene rings is 6. The van der Waals surface area contributed by atoms with Gasteiger partial charge in [0.25, 0.3) is 0 Å². The van der Waals surface area contributed by atoms with Crippen LogP contribution in [0.4, 0.5) is 34.1 Å². The van der Waals surface area contributed by atoms with Crippen molar-refractivity contribution < 1.29 is 0 Å². The average Bonchev–Trinajstić information content (AvgIpc) is 3.85. The zero-order valence-corrected chi connectivity index (χ0v) is 44.4. The van der Waals surface area contributed by atoms with Gasteiger partial charge in [-0.1, -0.05) is 124 Å². The highest BCUT2D eigenvalue weighted by Gasteiger charge is 2.25. The maximum Gasteiger partial charge on any atom is 0.0468 e. The number of anilines is 6. The summed E-state index contributed by atoms with van der Waals surface area (Å²) < 4.78 is 2.66. The standard InChI is InChI=1S/C68H65N3S2/c1-5-21-53(7-3)69(54-23-12-8-13-24-54)58-31-20-22-50(32-36-58)52-35-41-67-63(45-52)65-47-61(40-43-68(65)73-67)71(57-29-18-11-19-30-57)60-39-42-66-64(46-60)62(48(4)72-66)44-49(6-2)51-33-37-59(38-34-51)70(55-25-14-9-15-26-55)56-27-16-10-17-28-56/h8-12,14-19,22-23,25-34,36-40,42-47,53H,5-7,13,20-21,24,35,41H2,1-4H3/b49-44+. The van der Waals surface area contributed by atoms with E-state index in [4.69, 9.17) is 0 Å². The van der Waals surface area contributed by atoms with Crippen LogP contribution in [-0.2, 0) is 6.42 Å². The summed E-state index contributed by atoms with van der Waals surface area (Å²) in [6.07, 6.45) is 31.4. The van der Waals surface area contributed by atoms with Crippen LogP contribution in [0, 0.1) is 6.92 Å². The van der Waals surface area contributed by atoms with Gasteiger partial charge < -0.3 is 14.7 Å². The number of aryl methyl sites for hydroxylation is 2. The number of para-hydroxylation sites is 3. The number of allylic oxidation sites excluding steroid dienone is 11. The fraction of sp³-hybridized carbons (Fsp3) is 0.206. The quantitative estimate of drug-likeness (QED) is 0.0955. The first-order valence-corrected chi connectivity index (χ1v) is 28.2. The molecule has 0 bridgehead atoms. The topological polar surface area (TPSA) is 9.72 Å². The van der Waals surface area contributed by atoms with Crippen molar-refractivity contribution in [3.63, 3.8) is 0 Å². The van der Waals surface area contributed by atoms with Crippen LogP contribution < -0.4 is 9.80 Å². The molecule has 3 aliphatic carbocycles. The van der Waals surface area contributed by atoms with Crippen LogP contribution in [0.3, 0.4) is 0 Å². The van der Waals surface area contributed by atoms with Crippen LogP contribution in [0.15, 0.2) is 217 Å². The Balaban J connectivity index is 0.917. The van der Waals surface area contributed by atoms with Gasteiger partial charge >= 0.3 is 0 Å². The van der Waals surface area contributed by atoms with Crippen LogP contribution >= 0.6 is 22.7 Å². The van der Waals surface area contributed by atoms with Crippen molar-refractivity contribution in [2.45, 2.75) is 91.5 Å². The molecule has 73 heavy (non-hydrogen) atoms. The molecule has 0 amide bonds. The van der Waals surface area contributed by atoms with Crippen molar-refractivity contribution in [2.75, 3.05) is 9.80 Å². The highest BCUT2D eigenvalue weighted by molar-refractivity contribution is 7.19. The molecule has 3 nitrogen and oxygen atoms in total. The largest absolute Gasteiger partial charge is 0.342 e. The predicted octanol–water partition coefficient (Wildman–Crippen LogP) is 20.5. The number of hydrogen-bond acceptors (Lipinski definition) is 5. The molecule has 3 aliphatic rings. The number of fused-ring (bicyclic) bond motifs is 4. The summed E-state index contributed by atoms with van der Waals surface area (Å²) in [5, 5.41) is 2.63. The first-order valence-electron chi connectivity index (χ1n) is 26.6. The van der Waals surface area contributed by atoms with Gasteiger partial charge in [-0.15, -0.1) is 22.7 Å². The smallest absolute Gasteiger partial charge is 0.0468 e. The summed E-state index contributed by atoms with van der Waals surface area (Å²) in [6, 6.07) is 56.0. The summed E-state index contributed by atoms with van der Waals surface area (Å²) in [7, 11) is 0. The molecule has 0 saturated heterocycles. The normalized spacial score (nSPS) is 15.0. The van der Waals surface area contributed by atoms with E-state index in [0.717, 1.165) is 73.4 Å². The Kier molecular flexibility index (Phi) is 14.4. The SMILES string of the molecule is CCCC(CC)N(C1=CCC=C(C2=Cc3c(sc4ccc(N(c5ccccc5)c5ccc6sc(C)c(/C=C(\CC)c7ccc(N(c8ccccc8)c8ccccc8)cc7)c6c5)cc34)CC2)C=C1)C1=CC=CCC1. The van der Waals surface area contributed by atoms with Gasteiger partial charge in [0.2, 0.25) is 0 Å². The lowest BCUT2D eigenvalue weighted by atomic mass is 9.91. The highest BCUT2D eigenvalue weighted by atomic mass is 32.1. The number of thiophene rings is 2. The molecule has 0 fully saturated rings. The minimum Gasteiger partial charge on any atom is -0.342 e. The molecule has 5 heteroatoms. The van der Waals surface area contributed by atoms with Gasteiger partial charge in [-0.2, -0.15) is 0 Å². The van der Waals surface area contributed by atoms with Gasteiger partial charge in [0.1, 0.15) is 0 Å². The first-order chi connectivity index (χ1) is 36.0. The summed E-state index contributed by atoms with van der Waals surface area (Å²) >= 11 is 3.86. The number of nitrogens with zero attached hydrogens (tertiary/aromatic N) is 3. The Morgan fingerprint density at radius 3 is 1.86 bits per heavy atom. The number of hydrogen-bond donors (Lipinski definition) is 0. The molecule has 11 rings (SSSR count). The minimum atomic E-state index is 0.510. The number of rotatable bonds is 16. The van der Waals surface area contributed by atoms with Crippen molar-refractivity contribution in [1.29, 1.82) is 0 Å². The lowest BCUT2D eigenvalue weighted by Crippen LogP contribution is -2.33. The molecule has 0 radical (unpaired) electrons. The molecule has 0 aliphatic heterocycles. The summed E-state index contributed by atoms with van der Waals surface area (Å²) in [5.74, 6) is 0. The van der Waals surface area contributed by atoms with Gasteiger partial charge in [0.05, 0.1) is 0 Å². The van der Waals surface area contributed by atoms with Gasteiger partial charge in [-0.3, -0.25) is 0 Å². The van der Waals surface area contributed by atoms with Crippen LogP contribution in [0.1, 0.15) is 98.6 Å². The molecule has 364 valence electrons. The molecule has 2 aromatic heterocycles. The molecule has 8 aromatic rings. The zero-order valence-electron chi connectivity index (χ0n) is 42.7. The zero-order chi connectivity index (χ0) is 49.7. The third-order valence-electron chi connectivity index (χ3n) is 14.9. The van der Waals surface area contributed by atoms with Crippen LogP contribution in [0.25, 0.3) is 37.9 Å². The Morgan fingerprint density at radius 1 is 0.630 bits per heavy atom. The van der Waals surface area contributed by atoms with Crippen LogP contribution in [-0.4, -0.2) is 10.9 Å². The fourth-order valence-corrected chi connectivity index (χ4v) is 13.4. The van der Waals surface area contributed by atoms with Crippen molar-refractivity contribution in [1.82, 2.24) is 4.90 Å². The van der Waals surface area contributed by atoms with E-state index < -0.39 is 0 Å². The molecule has 6 aromatic carbocycles. The van der Waals surface area contributed by atoms with E-state index in [1.165, 1.54) is 93.3 Å². The lowest BCUT2D eigenvalue weighted by molar-refractivity contribution is 0.284. The fourth-order valence-electron chi connectivity index (χ4n) is 11.2. The second kappa shape index (κ2) is 21.9. The van der Waals surface area contributed by atoms with Crippen LogP contribution in [0.2, 0.25) is 0 Å². The van der Waals surface area contributed by atoms with E-state index >= 15 is 0 Å². The van der Waals surface area contributed by atoms with E-state index in [1.54, 1.807) is 0 Å². The maximum atomic E-state index is 2.67. The second-order valence-corrected chi connectivity index (χ2v) is 21.9. The Morgan fingerprint density at radius 2 is 1.25 bits per heavy atom. The van der Waals surface area contributed by atoms with E-state index in [-0.39, 0.29) is 0 Å². The third kappa shape index (κ3) is 10.0. The first kappa shape index (κ1) is 48.1. The lowest BCUT2D eigenvalue weighted by Gasteiger charge is -2.36. The molecule has 0 N–H and O–H groups in total. The van der Waals surface area contributed by atoms with E-state index in [0.29, 0.717) is 6.04 Å². The van der Waals surface area contributed by atoms with E-state index in [2.05, 4.69) is 249 Å². The maximum absolute atomic E-state index is 2.67. The Hall–Kier alpha value is -7.18. The molecular formula is C68H65N3S2. The molecule has 2 heterocycles. The van der Waals surface area contributed by atoms with Crippen molar-refractivity contribution >= 4 is 94.7 Å². The van der Waals surface area contributed by atoms with Gasteiger partial charge in [0.15, 0.2) is 0 Å². The highest BCUT2D eigenvalue weighted by Crippen LogP contribution is 2.46. The van der Waals surface area contributed by atoms with Crippen LogP contribution in [0.5, 0.6) is 0 Å². The summed E-state index contributed by atoms with van der Waals surface area (Å²) in [5.41, 5.74) is 17.8. The van der Waals surface area contributed by atoms with Crippen molar-refractivity contribution in [3.05, 3.63) is 243 Å². The monoisotopic (exact) mass is 987 g/mol. The van der Waals surface area contributed by atoms with Gasteiger partial charge in [-0.25, -0.2) is 0 Å². The summed E-state index contributed by atoms with van der Waals surface area (Å²) in [4.78, 5) is 10.3. The molecule has 1 unspecified atom stereocenters. The average molecular weight is 988 g/mol. The predicted molar refractivity (Wildman–Crippen MR) is 319 cm³/mol. The molecule has 1 atom stereocenters. The Bertz CT molecular complexity index is 3430. The molecule has 0 saturated carbocycles. The van der Waals surface area contributed by atoms with Crippen molar-refractivity contribution in [3.8, 4) is 0 Å². The third-order valence-corrected chi connectivity index (χ3v) is 17.2. The van der Waals surface area contributed by atoms with Gasteiger partial charge in [0, 0.05) is 81.5 Å². The van der Waals surface area contributed by atoms with Gasteiger partial charge in [-0.05, 0) is 201 Å². The molecule has 0 spiro atoms. The van der Waals surface area contributed by atoms with Crippen molar-refractivity contribution in [2.24, 2.45) is 0 Å². The molecular weight excluding hydrogens is 923 g/mol. The second-order valence-electron chi connectivity index (χ2n) is 19.5. The van der Waals surface area contributed by atoms with E-state index in [9.17, 15) is 0 Å². The summed E-state index contributed by atoms with van der Waals surface area (Å²) in [6.45, 7) is 9.23. The Labute approximate surface area is 441 Å².